The fraction of sp³-hybridized carbons (Fsp3) is 0.556. The first-order valence-corrected chi connectivity index (χ1v) is 8.51. The molecule has 0 N–H and O–H groups in total. The molecule has 1 aromatic carbocycles. The fourth-order valence-electron chi connectivity index (χ4n) is 4.45. The zero-order valence-electron chi connectivity index (χ0n) is 14.6. The summed E-state index contributed by atoms with van der Waals surface area (Å²) in [5.74, 6) is 1.52. The minimum absolute atomic E-state index is 0.0623. The van der Waals surface area contributed by atoms with Gasteiger partial charge in [0.1, 0.15) is 0 Å². The highest BCUT2D eigenvalue weighted by Crippen LogP contribution is 2.64. The van der Waals surface area contributed by atoms with Crippen LogP contribution in [0.1, 0.15) is 45.6 Å². The Morgan fingerprint density at radius 3 is 2.60 bits per heavy atom. The number of hydrogen-bond donors (Lipinski definition) is 0. The van der Waals surface area contributed by atoms with Crippen LogP contribution in [0.25, 0.3) is 0 Å². The second kappa shape index (κ2) is 5.28. The van der Waals surface area contributed by atoms with Crippen molar-refractivity contribution in [3.8, 4) is 11.5 Å². The van der Waals surface area contributed by atoms with E-state index in [1.165, 1.54) is 18.7 Å². The SMILES string of the molecule is CC1(C)[C@H]2CC[C@@]1(C)/C(=N/N=C\c1cc3c(cc1[N+](=O)[O-])OCO3)C2. The van der Waals surface area contributed by atoms with Crippen LogP contribution < -0.4 is 9.47 Å². The second-order valence-electron chi connectivity index (χ2n) is 7.81. The van der Waals surface area contributed by atoms with Crippen molar-refractivity contribution >= 4 is 17.6 Å². The lowest BCUT2D eigenvalue weighted by molar-refractivity contribution is -0.385. The van der Waals surface area contributed by atoms with Crippen LogP contribution in [0.4, 0.5) is 5.69 Å². The van der Waals surface area contributed by atoms with Gasteiger partial charge in [-0.1, -0.05) is 20.8 Å². The van der Waals surface area contributed by atoms with Crippen molar-refractivity contribution in [2.75, 3.05) is 6.79 Å². The summed E-state index contributed by atoms with van der Waals surface area (Å²) < 4.78 is 10.5. The first-order valence-electron chi connectivity index (χ1n) is 8.51. The lowest BCUT2D eigenvalue weighted by atomic mass is 9.70. The molecule has 0 amide bonds. The predicted octanol–water partition coefficient (Wildman–Crippen LogP) is 3.94. The third-order valence-corrected chi connectivity index (χ3v) is 6.61. The highest BCUT2D eigenvalue weighted by atomic mass is 16.7. The summed E-state index contributed by atoms with van der Waals surface area (Å²) in [4.78, 5) is 10.8. The van der Waals surface area contributed by atoms with E-state index in [-0.39, 0.29) is 23.3 Å². The monoisotopic (exact) mass is 343 g/mol. The van der Waals surface area contributed by atoms with Gasteiger partial charge in [-0.3, -0.25) is 10.1 Å². The standard InChI is InChI=1S/C18H21N3O4/c1-17(2)12-4-5-18(17,3)16(7-12)20-19-9-11-6-14-15(25-10-24-14)8-13(11)21(22)23/h6,8-9,12H,4-5,7,10H2,1-3H3/b19-9-,20-16+/t12-,18-/m0/s1. The largest absolute Gasteiger partial charge is 0.454 e. The summed E-state index contributed by atoms with van der Waals surface area (Å²) >= 11 is 0. The lowest BCUT2D eigenvalue weighted by Crippen LogP contribution is -2.32. The molecule has 1 aromatic rings. The quantitative estimate of drug-likeness (QED) is 0.472. The number of nitrogens with zero attached hydrogens (tertiary/aromatic N) is 3. The molecule has 0 spiro atoms. The molecule has 2 fully saturated rings. The van der Waals surface area contributed by atoms with Crippen LogP contribution in [0.2, 0.25) is 0 Å². The van der Waals surface area contributed by atoms with Gasteiger partial charge in [-0.15, -0.1) is 0 Å². The van der Waals surface area contributed by atoms with E-state index < -0.39 is 4.92 Å². The normalized spacial score (nSPS) is 30.5. The van der Waals surface area contributed by atoms with Crippen molar-refractivity contribution in [3.05, 3.63) is 27.8 Å². The van der Waals surface area contributed by atoms with Gasteiger partial charge >= 0.3 is 0 Å². The van der Waals surface area contributed by atoms with E-state index in [9.17, 15) is 10.1 Å². The van der Waals surface area contributed by atoms with Gasteiger partial charge in [-0.2, -0.15) is 10.2 Å². The average molecular weight is 343 g/mol. The Morgan fingerprint density at radius 2 is 2.00 bits per heavy atom. The number of rotatable bonds is 3. The molecule has 7 heteroatoms. The maximum absolute atomic E-state index is 11.3. The minimum Gasteiger partial charge on any atom is -0.454 e. The minimum atomic E-state index is -0.446. The molecule has 0 saturated heterocycles. The van der Waals surface area contributed by atoms with Gasteiger partial charge in [0.25, 0.3) is 5.69 Å². The third kappa shape index (κ3) is 2.25. The Kier molecular flexibility index (Phi) is 3.39. The smallest absolute Gasteiger partial charge is 0.282 e. The summed E-state index contributed by atoms with van der Waals surface area (Å²) in [5.41, 5.74) is 1.70. The maximum Gasteiger partial charge on any atom is 0.282 e. The van der Waals surface area contributed by atoms with Crippen LogP contribution in [0.3, 0.4) is 0 Å². The van der Waals surface area contributed by atoms with Crippen molar-refractivity contribution in [2.45, 2.75) is 40.0 Å². The van der Waals surface area contributed by atoms with Gasteiger partial charge in [-0.25, -0.2) is 0 Å². The van der Waals surface area contributed by atoms with Crippen molar-refractivity contribution in [1.29, 1.82) is 0 Å². The molecule has 2 saturated carbocycles. The number of nitro benzene ring substituents is 1. The Hall–Kier alpha value is -2.44. The van der Waals surface area contributed by atoms with E-state index in [0.29, 0.717) is 23.0 Å². The molecule has 3 aliphatic rings. The van der Waals surface area contributed by atoms with E-state index in [0.717, 1.165) is 18.6 Å². The Bertz CT molecular complexity index is 815. The molecule has 2 aliphatic carbocycles. The first kappa shape index (κ1) is 16.1. The number of hydrogen-bond acceptors (Lipinski definition) is 6. The van der Waals surface area contributed by atoms with Crippen LogP contribution in [-0.2, 0) is 0 Å². The molecular formula is C18H21N3O4. The van der Waals surface area contributed by atoms with E-state index in [1.807, 2.05) is 0 Å². The van der Waals surface area contributed by atoms with Crippen LogP contribution in [-0.4, -0.2) is 23.6 Å². The molecule has 2 atom stereocenters. The number of nitro groups is 1. The van der Waals surface area contributed by atoms with E-state index in [2.05, 4.69) is 31.0 Å². The van der Waals surface area contributed by atoms with Gasteiger partial charge in [0.15, 0.2) is 11.5 Å². The molecule has 1 heterocycles. The van der Waals surface area contributed by atoms with Crippen molar-refractivity contribution < 1.29 is 14.4 Å². The molecular weight excluding hydrogens is 322 g/mol. The van der Waals surface area contributed by atoms with Gasteiger partial charge in [0, 0.05) is 11.1 Å². The van der Waals surface area contributed by atoms with E-state index in [4.69, 9.17) is 9.47 Å². The second-order valence-corrected chi connectivity index (χ2v) is 7.81. The van der Waals surface area contributed by atoms with Crippen molar-refractivity contribution in [2.24, 2.45) is 27.0 Å². The van der Waals surface area contributed by atoms with Crippen LogP contribution in [0.15, 0.2) is 22.3 Å². The molecule has 1 aliphatic heterocycles. The molecule has 0 unspecified atom stereocenters. The molecule has 4 rings (SSSR count). The highest BCUT2D eigenvalue weighted by molar-refractivity contribution is 5.95. The van der Waals surface area contributed by atoms with Crippen LogP contribution in [0.5, 0.6) is 11.5 Å². The Balaban J connectivity index is 1.64. The van der Waals surface area contributed by atoms with Crippen molar-refractivity contribution in [1.82, 2.24) is 0 Å². The maximum atomic E-state index is 11.3. The molecule has 0 radical (unpaired) electrons. The molecule has 7 nitrogen and oxygen atoms in total. The molecule has 25 heavy (non-hydrogen) atoms. The van der Waals surface area contributed by atoms with E-state index in [1.54, 1.807) is 6.07 Å². The fourth-order valence-corrected chi connectivity index (χ4v) is 4.45. The van der Waals surface area contributed by atoms with Crippen LogP contribution >= 0.6 is 0 Å². The first-order chi connectivity index (χ1) is 11.8. The molecule has 132 valence electrons. The van der Waals surface area contributed by atoms with E-state index >= 15 is 0 Å². The number of ether oxygens (including phenoxy) is 2. The summed E-state index contributed by atoms with van der Waals surface area (Å²) in [7, 11) is 0. The van der Waals surface area contributed by atoms with Gasteiger partial charge in [0.05, 0.1) is 22.8 Å². The molecule has 2 bridgehead atoms. The summed E-state index contributed by atoms with van der Waals surface area (Å²) in [6.45, 7) is 6.95. The Labute approximate surface area is 145 Å². The van der Waals surface area contributed by atoms with Gasteiger partial charge in [0.2, 0.25) is 6.79 Å². The zero-order chi connectivity index (χ0) is 17.8. The topological polar surface area (TPSA) is 86.3 Å². The van der Waals surface area contributed by atoms with Gasteiger partial charge < -0.3 is 9.47 Å². The average Bonchev–Trinajstić information content (AvgIpc) is 3.15. The number of benzene rings is 1. The third-order valence-electron chi connectivity index (χ3n) is 6.61. The predicted molar refractivity (Wildman–Crippen MR) is 93.5 cm³/mol. The van der Waals surface area contributed by atoms with Gasteiger partial charge in [-0.05, 0) is 36.7 Å². The Morgan fingerprint density at radius 1 is 1.28 bits per heavy atom. The summed E-state index contributed by atoms with van der Waals surface area (Å²) in [5, 5.41) is 19.9. The van der Waals surface area contributed by atoms with Crippen molar-refractivity contribution in [3.63, 3.8) is 0 Å². The lowest BCUT2D eigenvalue weighted by Gasteiger charge is -2.34. The highest BCUT2D eigenvalue weighted by Gasteiger charge is 2.59. The zero-order valence-corrected chi connectivity index (χ0v) is 14.6. The molecule has 0 aromatic heterocycles. The van der Waals surface area contributed by atoms with Crippen LogP contribution in [0, 0.1) is 26.9 Å². The summed E-state index contributed by atoms with van der Waals surface area (Å²) in [6.07, 6.45) is 4.77. The number of fused-ring (bicyclic) bond motifs is 3. The summed E-state index contributed by atoms with van der Waals surface area (Å²) in [6, 6.07) is 2.95.